The molecular formula is C34H32FN3O2S. The van der Waals surface area contributed by atoms with E-state index in [1.807, 2.05) is 44.2 Å². The van der Waals surface area contributed by atoms with E-state index in [-0.39, 0.29) is 10.7 Å². The summed E-state index contributed by atoms with van der Waals surface area (Å²) in [7, 11) is -3.32. The molecule has 1 aromatic heterocycles. The molecular weight excluding hydrogens is 533 g/mol. The molecule has 0 aliphatic heterocycles. The van der Waals surface area contributed by atoms with Crippen LogP contribution in [0.5, 0.6) is 0 Å². The molecule has 4 aromatic carbocycles. The first-order chi connectivity index (χ1) is 19.5. The van der Waals surface area contributed by atoms with Gasteiger partial charge in [0.25, 0.3) is 0 Å². The molecule has 7 heteroatoms. The van der Waals surface area contributed by atoms with Gasteiger partial charge in [0, 0.05) is 53.8 Å². The highest BCUT2D eigenvalue weighted by Crippen LogP contribution is 2.34. The second-order valence-electron chi connectivity index (χ2n) is 10.9. The topological polar surface area (TPSA) is 74.1 Å². The van der Waals surface area contributed by atoms with E-state index < -0.39 is 15.3 Å². The quantitative estimate of drug-likeness (QED) is 0.187. The Labute approximate surface area is 240 Å². The minimum atomic E-state index is -3.32. The van der Waals surface area contributed by atoms with Gasteiger partial charge in [-0.15, -0.1) is 0 Å². The Morgan fingerprint density at radius 2 is 1.59 bits per heavy atom. The Hall–Kier alpha value is -4.36. The molecule has 208 valence electrons. The molecule has 0 saturated heterocycles. The monoisotopic (exact) mass is 565 g/mol. The van der Waals surface area contributed by atoms with E-state index in [2.05, 4.69) is 40.2 Å². The summed E-state index contributed by atoms with van der Waals surface area (Å²) in [5, 5.41) is 8.99. The van der Waals surface area contributed by atoms with E-state index in [1.165, 1.54) is 24.6 Å². The lowest BCUT2D eigenvalue weighted by Crippen LogP contribution is -2.22. The maximum atomic E-state index is 13.6. The van der Waals surface area contributed by atoms with Crippen molar-refractivity contribution in [2.45, 2.75) is 37.2 Å². The Balaban J connectivity index is 1.55. The second kappa shape index (κ2) is 11.3. The summed E-state index contributed by atoms with van der Waals surface area (Å²) in [5.74, 6) is -0.292. The standard InChI is InChI=1S/C34H32FN3O2S/c1-34(2,23-36)28-19-27-8-5-17-37-33(27)32(20-28)26-7-4-6-25(18-26)22-38(21-24-9-11-29(35)12-10-24)30-13-15-31(16-14-30)41(3,39)40/h4-20,23,36H,21-22H2,1-3H3. The van der Waals surface area contributed by atoms with Gasteiger partial charge < -0.3 is 10.3 Å². The molecule has 0 aliphatic rings. The maximum Gasteiger partial charge on any atom is 0.175 e. The Morgan fingerprint density at radius 1 is 0.878 bits per heavy atom. The third kappa shape index (κ3) is 6.36. The van der Waals surface area contributed by atoms with Gasteiger partial charge in [-0.1, -0.05) is 50.2 Å². The lowest BCUT2D eigenvalue weighted by Gasteiger charge is -2.26. The summed E-state index contributed by atoms with van der Waals surface area (Å²) in [6.07, 6.45) is 4.45. The number of sulfone groups is 1. The van der Waals surface area contributed by atoms with Crippen LogP contribution in [0.3, 0.4) is 0 Å². The van der Waals surface area contributed by atoms with Gasteiger partial charge in [0.1, 0.15) is 5.82 Å². The molecule has 0 unspecified atom stereocenters. The molecule has 41 heavy (non-hydrogen) atoms. The average molecular weight is 566 g/mol. The molecule has 0 aliphatic carbocycles. The first-order valence-electron chi connectivity index (χ1n) is 13.3. The number of hydrogen-bond acceptors (Lipinski definition) is 5. The lowest BCUT2D eigenvalue weighted by molar-refractivity contribution is 0.602. The van der Waals surface area contributed by atoms with Crippen LogP contribution in [0.2, 0.25) is 0 Å². The third-order valence-electron chi connectivity index (χ3n) is 7.34. The van der Waals surface area contributed by atoms with Gasteiger partial charge in [0.05, 0.1) is 10.4 Å². The van der Waals surface area contributed by atoms with Crippen LogP contribution >= 0.6 is 0 Å². The molecule has 5 nitrogen and oxygen atoms in total. The second-order valence-corrected chi connectivity index (χ2v) is 12.9. The highest BCUT2D eigenvalue weighted by Gasteiger charge is 2.20. The molecule has 1 N–H and O–H groups in total. The third-order valence-corrected chi connectivity index (χ3v) is 8.47. The van der Waals surface area contributed by atoms with Crippen molar-refractivity contribution >= 4 is 32.6 Å². The highest BCUT2D eigenvalue weighted by molar-refractivity contribution is 7.90. The van der Waals surface area contributed by atoms with Gasteiger partial charge in [-0.25, -0.2) is 12.8 Å². The molecule has 0 saturated carbocycles. The van der Waals surface area contributed by atoms with Crippen molar-refractivity contribution in [3.63, 3.8) is 0 Å². The van der Waals surface area contributed by atoms with E-state index in [9.17, 15) is 12.8 Å². The first-order valence-corrected chi connectivity index (χ1v) is 15.2. The van der Waals surface area contributed by atoms with Crippen LogP contribution in [0.1, 0.15) is 30.5 Å². The fourth-order valence-corrected chi connectivity index (χ4v) is 5.51. The van der Waals surface area contributed by atoms with Crippen LogP contribution in [0.25, 0.3) is 22.0 Å². The van der Waals surface area contributed by atoms with Crippen molar-refractivity contribution in [3.8, 4) is 11.1 Å². The van der Waals surface area contributed by atoms with E-state index in [4.69, 9.17) is 5.41 Å². The molecule has 5 aromatic rings. The molecule has 0 radical (unpaired) electrons. The number of rotatable bonds is 9. The number of pyridine rings is 1. The van der Waals surface area contributed by atoms with Crippen molar-refractivity contribution in [2.24, 2.45) is 0 Å². The SMILES string of the molecule is CC(C)(C=N)c1cc(-c2cccc(CN(Cc3ccc(F)cc3)c3ccc(S(C)(=O)=O)cc3)c2)c2ncccc2c1. The van der Waals surface area contributed by atoms with E-state index in [0.29, 0.717) is 13.1 Å². The summed E-state index contributed by atoms with van der Waals surface area (Å²) in [6, 6.07) is 29.8. The summed E-state index contributed by atoms with van der Waals surface area (Å²) >= 11 is 0. The fraction of sp³-hybridized carbons (Fsp3) is 0.176. The molecule has 0 spiro atoms. The van der Waals surface area contributed by atoms with Crippen molar-refractivity contribution in [3.05, 3.63) is 126 Å². The summed E-state index contributed by atoms with van der Waals surface area (Å²) in [4.78, 5) is 7.09. The van der Waals surface area contributed by atoms with E-state index in [0.717, 1.165) is 44.4 Å². The first kappa shape index (κ1) is 28.2. The van der Waals surface area contributed by atoms with Gasteiger partial charge >= 0.3 is 0 Å². The van der Waals surface area contributed by atoms with Gasteiger partial charge in [-0.3, -0.25) is 4.98 Å². The molecule has 0 atom stereocenters. The normalized spacial score (nSPS) is 11.9. The van der Waals surface area contributed by atoms with Crippen LogP contribution in [0.15, 0.2) is 108 Å². The van der Waals surface area contributed by atoms with Crippen LogP contribution in [0.4, 0.5) is 10.1 Å². The van der Waals surface area contributed by atoms with Gasteiger partial charge in [0.2, 0.25) is 0 Å². The number of nitrogens with one attached hydrogen (secondary N) is 1. The number of hydrogen-bond donors (Lipinski definition) is 1. The minimum absolute atomic E-state index is 0.261. The fourth-order valence-electron chi connectivity index (χ4n) is 4.88. The summed E-state index contributed by atoms with van der Waals surface area (Å²) in [5.41, 5.74) is 6.37. The van der Waals surface area contributed by atoms with Crippen LogP contribution in [-0.2, 0) is 28.3 Å². The number of fused-ring (bicyclic) bond motifs is 1. The Kier molecular flexibility index (Phi) is 7.74. The van der Waals surface area contributed by atoms with Crippen LogP contribution in [0, 0.1) is 11.2 Å². The van der Waals surface area contributed by atoms with Crippen molar-refractivity contribution in [1.29, 1.82) is 5.41 Å². The van der Waals surface area contributed by atoms with Gasteiger partial charge in [-0.05, 0) is 82.9 Å². The van der Waals surface area contributed by atoms with Gasteiger partial charge in [-0.2, -0.15) is 0 Å². The van der Waals surface area contributed by atoms with Crippen molar-refractivity contribution < 1.29 is 12.8 Å². The summed E-state index contributed by atoms with van der Waals surface area (Å²) in [6.45, 7) is 5.11. The van der Waals surface area contributed by atoms with Crippen molar-refractivity contribution in [1.82, 2.24) is 4.98 Å². The Morgan fingerprint density at radius 3 is 2.27 bits per heavy atom. The molecule has 1 heterocycles. The van der Waals surface area contributed by atoms with Crippen LogP contribution in [-0.4, -0.2) is 25.9 Å². The lowest BCUT2D eigenvalue weighted by atomic mass is 9.83. The molecule has 0 fully saturated rings. The smallest absolute Gasteiger partial charge is 0.175 e. The Bertz CT molecular complexity index is 1820. The van der Waals surface area contributed by atoms with Crippen molar-refractivity contribution in [2.75, 3.05) is 11.2 Å². The molecule has 0 amide bonds. The zero-order valence-electron chi connectivity index (χ0n) is 23.3. The number of nitrogens with zero attached hydrogens (tertiary/aromatic N) is 2. The number of benzene rings is 4. The number of aromatic nitrogens is 1. The number of anilines is 1. The van der Waals surface area contributed by atoms with E-state index in [1.54, 1.807) is 30.5 Å². The average Bonchev–Trinajstić information content (AvgIpc) is 2.97. The predicted octanol–water partition coefficient (Wildman–Crippen LogP) is 7.58. The zero-order valence-corrected chi connectivity index (χ0v) is 24.1. The minimum Gasteiger partial charge on any atom is -0.363 e. The molecule has 0 bridgehead atoms. The van der Waals surface area contributed by atoms with Gasteiger partial charge in [0.15, 0.2) is 9.84 Å². The zero-order chi connectivity index (χ0) is 29.2. The number of halogens is 1. The highest BCUT2D eigenvalue weighted by atomic mass is 32.2. The largest absolute Gasteiger partial charge is 0.363 e. The maximum absolute atomic E-state index is 13.6. The molecule has 5 rings (SSSR count). The van der Waals surface area contributed by atoms with E-state index >= 15 is 0 Å². The van der Waals surface area contributed by atoms with Crippen LogP contribution < -0.4 is 4.90 Å². The summed E-state index contributed by atoms with van der Waals surface area (Å²) < 4.78 is 37.7. The predicted molar refractivity (Wildman–Crippen MR) is 165 cm³/mol.